The Morgan fingerprint density at radius 2 is 1.92 bits per heavy atom. The molecule has 18 nitrogen and oxygen atoms in total. The molecule has 1 aliphatic heterocycles. The number of carbonyl (C=O) groups excluding carboxylic acids is 4. The number of nitrogens with zero attached hydrogens (tertiary/aromatic N) is 5. The third-order valence-electron chi connectivity index (χ3n) is 7.63. The number of imidazole rings is 1. The predicted octanol–water partition coefficient (Wildman–Crippen LogP) is 1.29. The Balaban J connectivity index is 0.00000209. The second-order valence-corrected chi connectivity index (χ2v) is 13.2. The molecule has 1 aliphatic rings. The van der Waals surface area contributed by atoms with E-state index >= 15 is 0 Å². The van der Waals surface area contributed by atoms with Crippen LogP contribution in [0.2, 0.25) is 0 Å². The third-order valence-corrected chi connectivity index (χ3v) is 8.64. The largest absolute Gasteiger partial charge is 0.490 e. The normalized spacial score (nSPS) is 16.2. The first-order chi connectivity index (χ1) is 23.1. The number of nitrogen functional groups attached to an aromatic ring is 1. The van der Waals surface area contributed by atoms with Crippen LogP contribution in [0.15, 0.2) is 41.0 Å². The van der Waals surface area contributed by atoms with E-state index in [9.17, 15) is 18.0 Å². The summed E-state index contributed by atoms with van der Waals surface area (Å²) in [6, 6.07) is 7.41. The third kappa shape index (κ3) is 9.68. The average molecular weight is 723 g/mol. The molecule has 1 fully saturated rings. The number of β-lactam (4-membered cyclic amide) rings is 1. The van der Waals surface area contributed by atoms with Crippen LogP contribution in [-0.4, -0.2) is 80.5 Å². The van der Waals surface area contributed by atoms with Gasteiger partial charge in [0.05, 0.1) is 17.2 Å². The van der Waals surface area contributed by atoms with Crippen molar-refractivity contribution < 1.29 is 46.0 Å². The summed E-state index contributed by atoms with van der Waals surface area (Å²) in [4.78, 5) is 52.1. The van der Waals surface area contributed by atoms with E-state index in [4.69, 9.17) is 40.6 Å². The van der Waals surface area contributed by atoms with E-state index in [0.717, 1.165) is 29.0 Å². The second-order valence-electron chi connectivity index (χ2n) is 11.3. The van der Waals surface area contributed by atoms with Gasteiger partial charge in [-0.1, -0.05) is 12.1 Å². The molecule has 49 heavy (non-hydrogen) atoms. The lowest BCUT2D eigenvalue weighted by molar-refractivity contribution is -0.228. The van der Waals surface area contributed by atoms with Crippen LogP contribution in [0.25, 0.3) is 11.3 Å². The van der Waals surface area contributed by atoms with Gasteiger partial charge in [0.2, 0.25) is 5.62 Å². The van der Waals surface area contributed by atoms with Gasteiger partial charge in [-0.15, -0.1) is 15.6 Å². The number of amides is 1. The Labute approximate surface area is 285 Å². The molecule has 3 aromatic rings. The number of benzene rings is 1. The maximum Gasteiger partial charge on any atom is 0.418 e. The van der Waals surface area contributed by atoms with E-state index in [1.54, 1.807) is 4.57 Å². The molecule has 0 spiro atoms. The Bertz CT molecular complexity index is 1860. The monoisotopic (exact) mass is 722 g/mol. The van der Waals surface area contributed by atoms with Crippen LogP contribution in [0.4, 0.5) is 5.13 Å². The number of Topliss-reactive ketones (excluding diaryl/α,β-unsaturated/α-hetero) is 1. The highest BCUT2D eigenvalue weighted by molar-refractivity contribution is 7.80. The van der Waals surface area contributed by atoms with Gasteiger partial charge >= 0.3 is 16.6 Å². The van der Waals surface area contributed by atoms with E-state index in [0.29, 0.717) is 35.9 Å². The number of anilines is 1. The minimum Gasteiger partial charge on any atom is -0.490 e. The number of ketones is 1. The quantitative estimate of drug-likeness (QED) is 0.0704. The van der Waals surface area contributed by atoms with Crippen LogP contribution in [-0.2, 0) is 52.3 Å². The Hall–Kier alpha value is -4.72. The van der Waals surface area contributed by atoms with Crippen molar-refractivity contribution in [3.05, 3.63) is 47.2 Å². The number of hydrogen-bond acceptors (Lipinski definition) is 15. The number of thiazole rings is 1. The Kier molecular flexibility index (Phi) is 13.1. The van der Waals surface area contributed by atoms with Crippen LogP contribution >= 0.6 is 11.3 Å². The van der Waals surface area contributed by atoms with Gasteiger partial charge < -0.3 is 30.2 Å². The highest BCUT2D eigenvalue weighted by atomic mass is 32.3. The highest BCUT2D eigenvalue weighted by Crippen LogP contribution is 2.40. The summed E-state index contributed by atoms with van der Waals surface area (Å²) >= 11 is 1.09. The van der Waals surface area contributed by atoms with Gasteiger partial charge in [-0.05, 0) is 63.1 Å². The molecule has 0 aliphatic carbocycles. The standard InChI is InChI=1S/C28H38N8O8S2.CO2/c1-5-18(15-42-19-9-7-17(8-10-19)22-14-35(12-6-11-29)27(31)34(22)4)43-33-24(21-16-45-26(30)32-21)23(37)13-20-25(38)36(28(20,2)3)44-46(39,40)41;2-1-3/h7-10,14,16,18,20,31H,5-6,11-13,15,29H2,1-4H3,(H2,30,32)(H,39,40,41);/b31-27?,33-24-;/t18-,20-;/m1./s1. The summed E-state index contributed by atoms with van der Waals surface area (Å²) < 4.78 is 45.2. The first-order valence-electron chi connectivity index (χ1n) is 14.8. The maximum absolute atomic E-state index is 13.4. The van der Waals surface area contributed by atoms with Crippen molar-refractivity contribution in [1.29, 1.82) is 5.41 Å². The zero-order valence-corrected chi connectivity index (χ0v) is 28.8. The molecule has 20 heteroatoms. The van der Waals surface area contributed by atoms with E-state index in [2.05, 4.69) is 14.4 Å². The molecule has 0 saturated carbocycles. The summed E-state index contributed by atoms with van der Waals surface area (Å²) in [5.74, 6) is -1.76. The zero-order chi connectivity index (χ0) is 36.5. The number of hydrogen-bond donors (Lipinski definition) is 4. The molecule has 3 heterocycles. The number of rotatable bonds is 16. The van der Waals surface area contributed by atoms with Crippen molar-refractivity contribution in [2.24, 2.45) is 23.9 Å². The van der Waals surface area contributed by atoms with E-state index in [1.165, 1.54) is 19.2 Å². The van der Waals surface area contributed by atoms with Gasteiger partial charge in [-0.2, -0.15) is 23.1 Å². The number of aryl methyl sites for hydroxylation is 1. The number of ether oxygens (including phenoxy) is 1. The van der Waals surface area contributed by atoms with Crippen molar-refractivity contribution in [2.45, 2.75) is 58.2 Å². The first-order valence-corrected chi connectivity index (χ1v) is 17.0. The van der Waals surface area contributed by atoms with E-state index in [1.807, 2.05) is 49.0 Å². The molecule has 6 N–H and O–H groups in total. The lowest BCUT2D eigenvalue weighted by atomic mass is 9.74. The number of hydroxylamine groups is 2. The molecule has 0 radical (unpaired) electrons. The topological polar surface area (TPSA) is 265 Å². The second kappa shape index (κ2) is 16.6. The number of nitrogens with one attached hydrogen (secondary N) is 1. The molecular weight excluding hydrogens is 684 g/mol. The molecule has 2 aromatic heterocycles. The fourth-order valence-electron chi connectivity index (χ4n) is 4.85. The van der Waals surface area contributed by atoms with Gasteiger partial charge in [-0.25, -0.2) is 4.98 Å². The average Bonchev–Trinajstić information content (AvgIpc) is 3.61. The van der Waals surface area contributed by atoms with Crippen LogP contribution in [0.5, 0.6) is 5.75 Å². The number of aromatic nitrogens is 3. The molecule has 4 rings (SSSR count). The first kappa shape index (κ1) is 38.7. The lowest BCUT2D eigenvalue weighted by Crippen LogP contribution is -2.68. The fourth-order valence-corrected chi connectivity index (χ4v) is 5.85. The number of oxime groups is 1. The van der Waals surface area contributed by atoms with Gasteiger partial charge in [0.1, 0.15) is 18.1 Å². The van der Waals surface area contributed by atoms with Crippen LogP contribution in [0, 0.1) is 11.3 Å². The molecular formula is C29H38N8O10S2. The van der Waals surface area contributed by atoms with Crippen LogP contribution in [0.1, 0.15) is 45.7 Å². The van der Waals surface area contributed by atoms with E-state index < -0.39 is 39.7 Å². The van der Waals surface area contributed by atoms with Crippen LogP contribution < -0.4 is 21.8 Å². The minimum absolute atomic E-state index is 0.107. The van der Waals surface area contributed by atoms with Gasteiger partial charge in [0.15, 0.2) is 22.7 Å². The highest BCUT2D eigenvalue weighted by Gasteiger charge is 2.57. The van der Waals surface area contributed by atoms with Crippen molar-refractivity contribution >= 4 is 50.4 Å². The van der Waals surface area contributed by atoms with Gasteiger partial charge in [0.25, 0.3) is 5.91 Å². The molecule has 1 aromatic carbocycles. The van der Waals surface area contributed by atoms with Crippen molar-refractivity contribution in [3.8, 4) is 17.0 Å². The molecule has 1 amide bonds. The zero-order valence-electron chi connectivity index (χ0n) is 27.2. The van der Waals surface area contributed by atoms with Gasteiger partial charge in [-0.3, -0.25) is 19.6 Å². The summed E-state index contributed by atoms with van der Waals surface area (Å²) in [6.07, 6.45) is 2.52. The number of nitrogens with two attached hydrogens (primary N) is 2. The van der Waals surface area contributed by atoms with Gasteiger partial charge in [0, 0.05) is 31.6 Å². The van der Waals surface area contributed by atoms with Crippen molar-refractivity contribution in [2.75, 3.05) is 18.9 Å². The molecule has 0 bridgehead atoms. The van der Waals surface area contributed by atoms with Crippen molar-refractivity contribution in [1.82, 2.24) is 19.2 Å². The molecule has 266 valence electrons. The SMILES string of the molecule is CC[C@H](COc1ccc(-c2cn(CCCN)c(=N)n2C)cc1)O/N=C(\C(=O)C[C@@H]1C(=O)N(OS(=O)(=O)O)C1(C)C)c1csc(N)n1.O=C=O. The smallest absolute Gasteiger partial charge is 0.418 e. The lowest BCUT2D eigenvalue weighted by Gasteiger charge is -2.50. The van der Waals surface area contributed by atoms with Crippen molar-refractivity contribution in [3.63, 3.8) is 0 Å². The summed E-state index contributed by atoms with van der Waals surface area (Å²) in [5, 5.41) is 14.7. The maximum atomic E-state index is 13.4. The minimum atomic E-state index is -4.93. The molecule has 2 atom stereocenters. The van der Waals surface area contributed by atoms with Crippen LogP contribution in [0.3, 0.4) is 0 Å². The summed E-state index contributed by atoms with van der Waals surface area (Å²) in [5.41, 5.74) is 12.3. The Morgan fingerprint density at radius 1 is 1.27 bits per heavy atom. The summed E-state index contributed by atoms with van der Waals surface area (Å²) in [6.45, 7) is 6.17. The molecule has 1 saturated heterocycles. The number of carbonyl (C=O) groups is 2. The fraction of sp³-hybridized carbons (Fsp3) is 0.448. The predicted molar refractivity (Wildman–Crippen MR) is 174 cm³/mol. The molecule has 0 unspecified atom stereocenters. The van der Waals surface area contributed by atoms with E-state index in [-0.39, 0.29) is 35.7 Å². The Morgan fingerprint density at radius 3 is 2.45 bits per heavy atom. The summed E-state index contributed by atoms with van der Waals surface area (Å²) in [7, 11) is -3.10.